The molecule has 0 radical (unpaired) electrons. The Balaban J connectivity index is 2.47. The molecule has 2 aromatic rings. The second-order valence-corrected chi connectivity index (χ2v) is 12.9. The highest BCUT2D eigenvalue weighted by atomic mass is 35.5. The van der Waals surface area contributed by atoms with Crippen LogP contribution in [0.3, 0.4) is 0 Å². The van der Waals surface area contributed by atoms with Gasteiger partial charge in [0.1, 0.15) is 23.4 Å². The molecular formula is C16H18ClN3O4Si. The number of halogens is 1. The molecule has 9 heteroatoms. The van der Waals surface area contributed by atoms with Gasteiger partial charge in [-0.3, -0.25) is 14.9 Å². The van der Waals surface area contributed by atoms with Crippen LogP contribution >= 0.6 is 11.6 Å². The monoisotopic (exact) mass is 379 g/mol. The average molecular weight is 380 g/mol. The number of benzene rings is 1. The van der Waals surface area contributed by atoms with E-state index in [1.807, 2.05) is 6.07 Å². The van der Waals surface area contributed by atoms with Gasteiger partial charge in [-0.1, -0.05) is 31.2 Å². The van der Waals surface area contributed by atoms with E-state index in [4.69, 9.17) is 21.6 Å². The van der Waals surface area contributed by atoms with Crippen LogP contribution in [0.5, 0.6) is 0 Å². The van der Waals surface area contributed by atoms with Crippen molar-refractivity contribution in [1.29, 1.82) is 5.26 Å². The molecule has 0 aliphatic heterocycles. The average Bonchev–Trinajstić information content (AvgIpc) is 2.51. The van der Waals surface area contributed by atoms with Crippen LogP contribution in [0.4, 0.5) is 5.69 Å². The summed E-state index contributed by atoms with van der Waals surface area (Å²) in [7, 11) is -1.24. The minimum Gasteiger partial charge on any atom is -0.361 e. The molecule has 0 saturated heterocycles. The van der Waals surface area contributed by atoms with Crippen molar-refractivity contribution in [2.45, 2.75) is 32.4 Å². The van der Waals surface area contributed by atoms with Gasteiger partial charge >= 0.3 is 0 Å². The van der Waals surface area contributed by atoms with Crippen LogP contribution in [-0.2, 0) is 11.5 Å². The molecule has 1 aromatic heterocycles. The predicted molar refractivity (Wildman–Crippen MR) is 98.7 cm³/mol. The van der Waals surface area contributed by atoms with E-state index in [1.54, 1.807) is 4.57 Å². The molecule has 0 saturated carbocycles. The lowest BCUT2D eigenvalue weighted by Gasteiger charge is -2.17. The summed E-state index contributed by atoms with van der Waals surface area (Å²) in [6.07, 6.45) is 1.39. The van der Waals surface area contributed by atoms with E-state index in [0.717, 1.165) is 12.1 Å². The maximum absolute atomic E-state index is 12.3. The maximum atomic E-state index is 12.3. The highest BCUT2D eigenvalue weighted by Crippen LogP contribution is 2.28. The van der Waals surface area contributed by atoms with Gasteiger partial charge in [0.2, 0.25) is 5.43 Å². The number of aromatic nitrogens is 1. The molecule has 0 bridgehead atoms. The molecule has 25 heavy (non-hydrogen) atoms. The number of hydrogen-bond acceptors (Lipinski definition) is 5. The van der Waals surface area contributed by atoms with E-state index in [-0.39, 0.29) is 28.4 Å². The lowest BCUT2D eigenvalue weighted by Crippen LogP contribution is -2.22. The van der Waals surface area contributed by atoms with Crippen LogP contribution in [0.25, 0.3) is 10.9 Å². The number of ether oxygens (including phenoxy) is 1. The summed E-state index contributed by atoms with van der Waals surface area (Å²) in [5, 5.41) is 20.2. The Morgan fingerprint density at radius 1 is 1.40 bits per heavy atom. The van der Waals surface area contributed by atoms with E-state index >= 15 is 0 Å². The molecule has 0 N–H and O–H groups in total. The molecule has 0 amide bonds. The van der Waals surface area contributed by atoms with Crippen molar-refractivity contribution in [3.05, 3.63) is 49.3 Å². The van der Waals surface area contributed by atoms with Gasteiger partial charge in [0.05, 0.1) is 15.8 Å². The van der Waals surface area contributed by atoms with E-state index in [9.17, 15) is 14.9 Å². The van der Waals surface area contributed by atoms with Crippen LogP contribution in [-0.4, -0.2) is 24.2 Å². The first-order valence-electron chi connectivity index (χ1n) is 7.63. The zero-order valence-corrected chi connectivity index (χ0v) is 16.0. The number of nitro groups is 1. The fourth-order valence-electron chi connectivity index (χ4n) is 2.27. The second-order valence-electron chi connectivity index (χ2n) is 6.88. The van der Waals surface area contributed by atoms with Crippen molar-refractivity contribution in [2.75, 3.05) is 6.61 Å². The van der Waals surface area contributed by atoms with Crippen LogP contribution in [0, 0.1) is 21.4 Å². The van der Waals surface area contributed by atoms with Gasteiger partial charge in [-0.05, 0) is 12.1 Å². The van der Waals surface area contributed by atoms with Gasteiger partial charge in [0.25, 0.3) is 5.69 Å². The normalized spacial score (nSPS) is 11.5. The van der Waals surface area contributed by atoms with Gasteiger partial charge < -0.3 is 9.30 Å². The van der Waals surface area contributed by atoms with Crippen LogP contribution in [0.2, 0.25) is 30.7 Å². The molecule has 0 atom stereocenters. The largest absolute Gasteiger partial charge is 0.361 e. The van der Waals surface area contributed by atoms with Gasteiger partial charge in [-0.2, -0.15) is 5.26 Å². The third-order valence-electron chi connectivity index (χ3n) is 3.69. The minimum atomic E-state index is -1.24. The summed E-state index contributed by atoms with van der Waals surface area (Å²) in [5.74, 6) is 0. The second kappa shape index (κ2) is 7.35. The molecular weight excluding hydrogens is 362 g/mol. The topological polar surface area (TPSA) is 98.2 Å². The third kappa shape index (κ3) is 4.45. The fourth-order valence-corrected chi connectivity index (χ4v) is 3.25. The van der Waals surface area contributed by atoms with Gasteiger partial charge in [-0.15, -0.1) is 0 Å². The minimum absolute atomic E-state index is 0.0718. The first kappa shape index (κ1) is 19.1. The molecule has 1 heterocycles. The van der Waals surface area contributed by atoms with Crippen molar-refractivity contribution in [3.63, 3.8) is 0 Å². The van der Waals surface area contributed by atoms with Crippen molar-refractivity contribution in [2.24, 2.45) is 0 Å². The zero-order valence-electron chi connectivity index (χ0n) is 14.2. The molecule has 0 fully saturated rings. The zero-order chi connectivity index (χ0) is 18.8. The van der Waals surface area contributed by atoms with Gasteiger partial charge in [0, 0.05) is 26.9 Å². The highest BCUT2D eigenvalue weighted by Gasteiger charge is 2.18. The number of rotatable bonds is 6. The van der Waals surface area contributed by atoms with E-state index < -0.39 is 18.4 Å². The van der Waals surface area contributed by atoms with Crippen molar-refractivity contribution < 1.29 is 9.66 Å². The number of hydrogen-bond donors (Lipinski definition) is 0. The summed E-state index contributed by atoms with van der Waals surface area (Å²) < 4.78 is 7.25. The standard InChI is InChI=1S/C16H18ClN3O4Si/c1-25(2,3)5-4-24-10-19-9-11(8-18)16(21)12-6-15(20(22)23)13(17)7-14(12)19/h6-7,9H,4-5,10H2,1-3H3. The molecule has 7 nitrogen and oxygen atoms in total. The van der Waals surface area contributed by atoms with E-state index in [1.165, 1.54) is 12.3 Å². The van der Waals surface area contributed by atoms with Crippen LogP contribution < -0.4 is 5.43 Å². The highest BCUT2D eigenvalue weighted by molar-refractivity contribution is 6.76. The first-order chi connectivity index (χ1) is 11.6. The van der Waals surface area contributed by atoms with Crippen LogP contribution in [0.15, 0.2) is 23.1 Å². The lowest BCUT2D eigenvalue weighted by molar-refractivity contribution is -0.384. The first-order valence-corrected chi connectivity index (χ1v) is 11.7. The van der Waals surface area contributed by atoms with Crippen molar-refractivity contribution >= 4 is 36.3 Å². The Morgan fingerprint density at radius 3 is 2.64 bits per heavy atom. The maximum Gasteiger partial charge on any atom is 0.288 e. The lowest BCUT2D eigenvalue weighted by atomic mass is 10.1. The number of pyridine rings is 1. The SMILES string of the molecule is C[Si](C)(C)CCOCn1cc(C#N)c(=O)c2cc([N+](=O)[O-])c(Cl)cc21. The summed E-state index contributed by atoms with van der Waals surface area (Å²) >= 11 is 5.96. The Labute approximate surface area is 150 Å². The number of nitriles is 1. The quantitative estimate of drug-likeness (QED) is 0.329. The number of fused-ring (bicyclic) bond motifs is 1. The predicted octanol–water partition coefficient (Wildman–Crippen LogP) is 3.75. The molecule has 0 unspecified atom stereocenters. The smallest absolute Gasteiger partial charge is 0.288 e. The summed E-state index contributed by atoms with van der Waals surface area (Å²) in [6, 6.07) is 5.27. The van der Waals surface area contributed by atoms with Crippen LogP contribution in [0.1, 0.15) is 5.56 Å². The fraction of sp³-hybridized carbons (Fsp3) is 0.375. The molecule has 0 aliphatic carbocycles. The molecule has 0 aliphatic rings. The number of nitrogens with zero attached hydrogens (tertiary/aromatic N) is 3. The third-order valence-corrected chi connectivity index (χ3v) is 5.70. The van der Waals surface area contributed by atoms with Crippen molar-refractivity contribution in [1.82, 2.24) is 4.57 Å². The van der Waals surface area contributed by atoms with E-state index in [2.05, 4.69) is 19.6 Å². The Bertz CT molecular complexity index is 928. The Morgan fingerprint density at radius 2 is 2.08 bits per heavy atom. The Kier molecular flexibility index (Phi) is 5.62. The molecule has 132 valence electrons. The van der Waals surface area contributed by atoms with Crippen molar-refractivity contribution in [3.8, 4) is 6.07 Å². The summed E-state index contributed by atoms with van der Waals surface area (Å²) in [5.41, 5.74) is -0.631. The summed E-state index contributed by atoms with van der Waals surface area (Å²) in [6.45, 7) is 7.39. The Hall–Kier alpha value is -2.21. The van der Waals surface area contributed by atoms with Gasteiger partial charge in [0.15, 0.2) is 0 Å². The molecule has 2 rings (SSSR count). The van der Waals surface area contributed by atoms with E-state index in [0.29, 0.717) is 12.1 Å². The number of nitro benzene ring substituents is 1. The molecule has 1 aromatic carbocycles. The van der Waals surface area contributed by atoms with Gasteiger partial charge in [-0.25, -0.2) is 0 Å². The molecule has 0 spiro atoms. The summed E-state index contributed by atoms with van der Waals surface area (Å²) in [4.78, 5) is 22.7.